The molecule has 20 heavy (non-hydrogen) atoms. The second-order valence-electron chi connectivity index (χ2n) is 4.83. The van der Waals surface area contributed by atoms with Gasteiger partial charge in [-0.05, 0) is 5.56 Å². The van der Waals surface area contributed by atoms with Crippen LogP contribution in [0.5, 0.6) is 0 Å². The molecule has 0 spiro atoms. The first kappa shape index (κ1) is 13.2. The van der Waals surface area contributed by atoms with E-state index in [2.05, 4.69) is 5.32 Å². The third-order valence-electron chi connectivity index (χ3n) is 3.47. The summed E-state index contributed by atoms with van der Waals surface area (Å²) in [5, 5.41) is 2.87. The smallest absolute Gasteiger partial charge is 0.311 e. The highest BCUT2D eigenvalue weighted by Gasteiger charge is 2.46. The van der Waals surface area contributed by atoms with Crippen molar-refractivity contribution >= 4 is 0 Å². The van der Waals surface area contributed by atoms with Crippen molar-refractivity contribution in [3.8, 4) is 0 Å². The highest BCUT2D eigenvalue weighted by molar-refractivity contribution is 5.24. The Labute approximate surface area is 116 Å². The lowest BCUT2D eigenvalue weighted by Gasteiger charge is -2.23. The maximum absolute atomic E-state index is 14.4. The molecule has 104 valence electrons. The topological polar surface area (TPSA) is 21.3 Å². The minimum absolute atomic E-state index is 0.0359. The molecular weight excluding hydrogens is 260 g/mol. The van der Waals surface area contributed by atoms with E-state index >= 15 is 0 Å². The fourth-order valence-electron chi connectivity index (χ4n) is 2.37. The van der Waals surface area contributed by atoms with E-state index in [1.165, 1.54) is 12.1 Å². The van der Waals surface area contributed by atoms with Crippen molar-refractivity contribution in [2.75, 3.05) is 6.61 Å². The first-order chi connectivity index (χ1) is 9.68. The van der Waals surface area contributed by atoms with E-state index in [-0.39, 0.29) is 18.2 Å². The Bertz CT molecular complexity index is 559. The summed E-state index contributed by atoms with van der Waals surface area (Å²) in [4.78, 5) is 0. The first-order valence-electron chi connectivity index (χ1n) is 6.54. The summed E-state index contributed by atoms with van der Waals surface area (Å²) in [6.45, 7) is 0.247. The Morgan fingerprint density at radius 1 is 0.950 bits per heavy atom. The Balaban J connectivity index is 1.77. The zero-order valence-corrected chi connectivity index (χ0v) is 10.8. The van der Waals surface area contributed by atoms with Crippen LogP contribution in [0, 0.1) is 0 Å². The molecule has 2 atom stereocenters. The average molecular weight is 275 g/mol. The summed E-state index contributed by atoms with van der Waals surface area (Å²) in [6.07, 6.45) is -1.30. The molecular formula is C16H15F2NO. The zero-order chi connectivity index (χ0) is 14.0. The summed E-state index contributed by atoms with van der Waals surface area (Å²) in [6, 6.07) is 17.1. The second kappa shape index (κ2) is 5.31. The van der Waals surface area contributed by atoms with Crippen molar-refractivity contribution < 1.29 is 13.5 Å². The maximum atomic E-state index is 14.4. The summed E-state index contributed by atoms with van der Waals surface area (Å²) in [5.41, 5.74) is 0.921. The van der Waals surface area contributed by atoms with E-state index in [9.17, 15) is 8.78 Å². The van der Waals surface area contributed by atoms with Gasteiger partial charge in [0.1, 0.15) is 0 Å². The predicted octanol–water partition coefficient (Wildman–Crippen LogP) is 3.47. The molecule has 0 aliphatic carbocycles. The van der Waals surface area contributed by atoms with Crippen LogP contribution >= 0.6 is 0 Å². The summed E-state index contributed by atoms with van der Waals surface area (Å²) >= 11 is 0. The van der Waals surface area contributed by atoms with Crippen LogP contribution in [0.15, 0.2) is 60.7 Å². The van der Waals surface area contributed by atoms with Crippen molar-refractivity contribution in [2.24, 2.45) is 0 Å². The molecule has 1 unspecified atom stereocenters. The Morgan fingerprint density at radius 2 is 1.55 bits per heavy atom. The number of halogens is 2. The number of hydrogen-bond acceptors (Lipinski definition) is 2. The number of hydrogen-bond donors (Lipinski definition) is 1. The van der Waals surface area contributed by atoms with Crippen molar-refractivity contribution in [3.63, 3.8) is 0 Å². The van der Waals surface area contributed by atoms with Crippen LogP contribution in [-0.4, -0.2) is 12.8 Å². The summed E-state index contributed by atoms with van der Waals surface area (Å²) < 4.78 is 34.0. The second-order valence-corrected chi connectivity index (χ2v) is 4.83. The molecule has 2 aromatic carbocycles. The predicted molar refractivity (Wildman–Crippen MR) is 72.4 cm³/mol. The van der Waals surface area contributed by atoms with Gasteiger partial charge in [0, 0.05) is 5.56 Å². The summed E-state index contributed by atoms with van der Waals surface area (Å²) in [5.74, 6) is -3.05. The fraction of sp³-hybridized carbons (Fsp3) is 0.250. The van der Waals surface area contributed by atoms with Gasteiger partial charge in [-0.3, -0.25) is 5.32 Å². The van der Waals surface area contributed by atoms with Crippen molar-refractivity contribution in [1.82, 2.24) is 5.32 Å². The Kier molecular flexibility index (Phi) is 3.51. The minimum Gasteiger partial charge on any atom is -0.355 e. The fourth-order valence-corrected chi connectivity index (χ4v) is 2.37. The number of ether oxygens (including phenoxy) is 1. The van der Waals surface area contributed by atoms with Crippen LogP contribution in [0.3, 0.4) is 0 Å². The minimum atomic E-state index is -3.05. The van der Waals surface area contributed by atoms with Gasteiger partial charge in [-0.1, -0.05) is 60.7 Å². The van der Waals surface area contributed by atoms with E-state index in [1.54, 1.807) is 18.2 Å². The number of nitrogens with one attached hydrogen (secondary N) is 1. The highest BCUT2D eigenvalue weighted by Crippen LogP contribution is 2.36. The van der Waals surface area contributed by atoms with Crippen LogP contribution in [0.2, 0.25) is 0 Å². The molecule has 3 rings (SSSR count). The first-order valence-corrected chi connectivity index (χ1v) is 6.54. The molecule has 1 aliphatic rings. The molecule has 1 aliphatic heterocycles. The number of rotatable bonds is 3. The standard InChI is InChI=1S/C16H15F2NO/c17-16(18,13-9-5-2-6-10-13)15-19-14(11-20-15)12-7-3-1-4-8-12/h1-10,14-15,19H,11H2/t14-,15?/m1/s1. The van der Waals surface area contributed by atoms with Gasteiger partial charge in [0.2, 0.25) is 0 Å². The lowest BCUT2D eigenvalue weighted by molar-refractivity contribution is -0.130. The SMILES string of the molecule is FC(F)(c1ccccc1)C1N[C@@H](c2ccccc2)CO1. The van der Waals surface area contributed by atoms with Gasteiger partial charge in [0.15, 0.2) is 6.23 Å². The van der Waals surface area contributed by atoms with E-state index in [1.807, 2.05) is 30.3 Å². The Hall–Kier alpha value is -1.78. The molecule has 1 saturated heterocycles. The van der Waals surface area contributed by atoms with Crippen LogP contribution in [0.1, 0.15) is 17.2 Å². The molecule has 0 saturated carbocycles. The molecule has 4 heteroatoms. The molecule has 0 amide bonds. The molecule has 2 aromatic rings. The molecule has 0 aromatic heterocycles. The van der Waals surface area contributed by atoms with E-state index < -0.39 is 12.2 Å². The summed E-state index contributed by atoms with van der Waals surface area (Å²) in [7, 11) is 0. The monoisotopic (exact) mass is 275 g/mol. The molecule has 0 bridgehead atoms. The van der Waals surface area contributed by atoms with Gasteiger partial charge in [0.05, 0.1) is 12.6 Å². The van der Waals surface area contributed by atoms with Crippen LogP contribution in [0.4, 0.5) is 8.78 Å². The van der Waals surface area contributed by atoms with E-state index in [0.29, 0.717) is 0 Å². The maximum Gasteiger partial charge on any atom is 0.311 e. The molecule has 2 nitrogen and oxygen atoms in total. The van der Waals surface area contributed by atoms with Gasteiger partial charge in [-0.2, -0.15) is 8.78 Å². The van der Waals surface area contributed by atoms with Crippen LogP contribution in [0.25, 0.3) is 0 Å². The molecule has 0 radical (unpaired) electrons. The van der Waals surface area contributed by atoms with Gasteiger partial charge >= 0.3 is 5.92 Å². The number of alkyl halides is 2. The Morgan fingerprint density at radius 3 is 2.20 bits per heavy atom. The number of benzene rings is 2. The normalized spacial score (nSPS) is 22.9. The van der Waals surface area contributed by atoms with Crippen molar-refractivity contribution in [1.29, 1.82) is 0 Å². The van der Waals surface area contributed by atoms with Crippen LogP contribution in [-0.2, 0) is 10.7 Å². The third-order valence-corrected chi connectivity index (χ3v) is 3.47. The van der Waals surface area contributed by atoms with Gasteiger partial charge in [-0.15, -0.1) is 0 Å². The largest absolute Gasteiger partial charge is 0.355 e. The average Bonchev–Trinajstić information content (AvgIpc) is 3.00. The van der Waals surface area contributed by atoms with E-state index in [4.69, 9.17) is 4.74 Å². The molecule has 1 fully saturated rings. The van der Waals surface area contributed by atoms with Crippen molar-refractivity contribution in [2.45, 2.75) is 18.2 Å². The van der Waals surface area contributed by atoms with Gasteiger partial charge in [0.25, 0.3) is 0 Å². The van der Waals surface area contributed by atoms with Gasteiger partial charge < -0.3 is 4.74 Å². The zero-order valence-electron chi connectivity index (χ0n) is 10.8. The molecule has 1 N–H and O–H groups in total. The third kappa shape index (κ3) is 2.44. The van der Waals surface area contributed by atoms with Crippen LogP contribution < -0.4 is 5.32 Å². The highest BCUT2D eigenvalue weighted by atomic mass is 19.3. The molecule has 1 heterocycles. The quantitative estimate of drug-likeness (QED) is 0.926. The lowest BCUT2D eigenvalue weighted by Crippen LogP contribution is -2.40. The van der Waals surface area contributed by atoms with E-state index in [0.717, 1.165) is 5.56 Å². The lowest BCUT2D eigenvalue weighted by atomic mass is 10.1. The van der Waals surface area contributed by atoms with Gasteiger partial charge in [-0.25, -0.2) is 0 Å². The van der Waals surface area contributed by atoms with Crippen molar-refractivity contribution in [3.05, 3.63) is 71.8 Å².